The second-order valence-corrected chi connectivity index (χ2v) is 12.9. The molecule has 3 aromatic carbocycles. The summed E-state index contributed by atoms with van der Waals surface area (Å²) >= 11 is 6.33. The predicted octanol–water partition coefficient (Wildman–Crippen LogP) is 4.69. The molecule has 1 saturated carbocycles. The first-order chi connectivity index (χ1) is 22.6. The van der Waals surface area contributed by atoms with Crippen LogP contribution in [0.15, 0.2) is 84.4 Å². The number of halogens is 1. The van der Waals surface area contributed by atoms with Gasteiger partial charge in [0.25, 0.3) is 0 Å². The number of carboxylic acids is 1. The van der Waals surface area contributed by atoms with Gasteiger partial charge in [0.2, 0.25) is 23.6 Å². The highest BCUT2D eigenvalue weighted by atomic mass is 35.5. The molecule has 2 heterocycles. The van der Waals surface area contributed by atoms with E-state index in [1.165, 1.54) is 13.2 Å². The van der Waals surface area contributed by atoms with Gasteiger partial charge >= 0.3 is 5.97 Å². The topological polar surface area (TPSA) is 142 Å². The summed E-state index contributed by atoms with van der Waals surface area (Å²) in [4.78, 5) is 70.9. The Balaban J connectivity index is 1.48. The molecule has 3 fully saturated rings. The molecule has 4 aliphatic rings. The molecule has 10 nitrogen and oxygen atoms in total. The number of imide groups is 2. The smallest absolute Gasteiger partial charge is 0.305 e. The predicted molar refractivity (Wildman–Crippen MR) is 170 cm³/mol. The number of hydrogen-bond acceptors (Lipinski definition) is 7. The highest BCUT2D eigenvalue weighted by molar-refractivity contribution is 6.32. The van der Waals surface area contributed by atoms with Crippen molar-refractivity contribution < 1.29 is 38.9 Å². The molecular weight excluding hydrogens is 624 g/mol. The van der Waals surface area contributed by atoms with E-state index in [0.717, 1.165) is 9.80 Å². The number of carbonyl (C=O) groups is 5. The maximum absolute atomic E-state index is 15.2. The van der Waals surface area contributed by atoms with E-state index in [2.05, 4.69) is 0 Å². The number of fused-ring (bicyclic) bond motifs is 4. The number of allylic oxidation sites excluding steroid dienone is 2. The van der Waals surface area contributed by atoms with Gasteiger partial charge in [-0.3, -0.25) is 28.9 Å². The number of phenolic OH excluding ortho intramolecular Hbond substituents is 1. The second-order valence-electron chi connectivity index (χ2n) is 12.5. The van der Waals surface area contributed by atoms with Crippen LogP contribution in [0, 0.1) is 23.7 Å². The summed E-state index contributed by atoms with van der Waals surface area (Å²) in [6.07, 6.45) is 1.75. The number of carboxylic acid groups (broad SMARTS) is 1. The highest BCUT2D eigenvalue weighted by Crippen LogP contribution is 2.65. The van der Waals surface area contributed by atoms with Crippen molar-refractivity contribution in [3.63, 3.8) is 0 Å². The van der Waals surface area contributed by atoms with Crippen molar-refractivity contribution in [1.29, 1.82) is 0 Å². The molecule has 7 rings (SSSR count). The first kappa shape index (κ1) is 30.7. The van der Waals surface area contributed by atoms with Crippen molar-refractivity contribution in [1.82, 2.24) is 4.90 Å². The van der Waals surface area contributed by atoms with Gasteiger partial charge in [0.05, 0.1) is 42.4 Å². The molecule has 2 saturated heterocycles. The van der Waals surface area contributed by atoms with E-state index in [1.807, 2.05) is 12.1 Å². The minimum atomic E-state index is -1.55. The third-order valence-corrected chi connectivity index (χ3v) is 10.6. The number of carbonyl (C=O) groups excluding carboxylic acids is 4. The molecule has 4 amide bonds. The Morgan fingerprint density at radius 1 is 0.957 bits per heavy atom. The standard InChI is InChI=1S/C36H31ClN2O8/c1-47-22-10-13-28(40)26(17-22)31-23-11-12-24-30(34(45)38(32(24)43)15-14-29(41)42)25(23)18-27-33(44)39(21-9-5-8-20(37)16-21)35(46)36(27,31)19-6-3-2-4-7-19/h2-11,13,16-17,24-25,27,30-31,40H,12,14-15,18H2,1H3,(H,41,42)/t24-,25+,27-,30-,31+,36+/m0/s1. The molecule has 240 valence electrons. The van der Waals surface area contributed by atoms with Crippen LogP contribution in [0.25, 0.3) is 0 Å². The van der Waals surface area contributed by atoms with Gasteiger partial charge in [-0.2, -0.15) is 0 Å². The molecule has 0 spiro atoms. The molecule has 0 bridgehead atoms. The number of methoxy groups -OCH3 is 1. The van der Waals surface area contributed by atoms with Crippen LogP contribution in [0.1, 0.15) is 36.3 Å². The van der Waals surface area contributed by atoms with E-state index in [-0.39, 0.29) is 31.6 Å². The Hall–Kier alpha value is -4.96. The van der Waals surface area contributed by atoms with Crippen molar-refractivity contribution in [2.75, 3.05) is 18.6 Å². The zero-order valence-corrected chi connectivity index (χ0v) is 26.1. The van der Waals surface area contributed by atoms with Crippen molar-refractivity contribution >= 4 is 46.9 Å². The van der Waals surface area contributed by atoms with Crippen LogP contribution in [0.4, 0.5) is 5.69 Å². The average molecular weight is 655 g/mol. The quantitative estimate of drug-likeness (QED) is 0.276. The Kier molecular flexibility index (Phi) is 7.43. The zero-order valence-electron chi connectivity index (χ0n) is 25.3. The van der Waals surface area contributed by atoms with E-state index < -0.39 is 64.6 Å². The number of aromatic hydroxyl groups is 1. The van der Waals surface area contributed by atoms with Gasteiger partial charge < -0.3 is 14.9 Å². The number of benzene rings is 3. The number of hydrogen-bond donors (Lipinski definition) is 2. The summed E-state index contributed by atoms with van der Waals surface area (Å²) in [5.41, 5.74) is 0.339. The third-order valence-electron chi connectivity index (χ3n) is 10.4. The van der Waals surface area contributed by atoms with E-state index >= 15 is 4.79 Å². The van der Waals surface area contributed by atoms with Crippen LogP contribution in [-0.4, -0.2) is 58.4 Å². The Morgan fingerprint density at radius 2 is 1.72 bits per heavy atom. The Morgan fingerprint density at radius 3 is 2.43 bits per heavy atom. The Bertz CT molecular complexity index is 1880. The largest absolute Gasteiger partial charge is 0.508 e. The van der Waals surface area contributed by atoms with Crippen molar-refractivity contribution in [3.05, 3.63) is 101 Å². The van der Waals surface area contributed by atoms with E-state index in [0.29, 0.717) is 33.2 Å². The SMILES string of the molecule is COc1ccc(O)c([C@H]2C3=CC[C@@H]4C(=O)N(CCC(=O)O)C(=O)[C@@H]4[C@@H]3C[C@H]3C(=O)N(c4cccc(Cl)c4)C(=O)[C@@]23c2ccccc2)c1. The lowest BCUT2D eigenvalue weighted by Gasteiger charge is -2.50. The summed E-state index contributed by atoms with van der Waals surface area (Å²) in [5, 5.41) is 21.1. The van der Waals surface area contributed by atoms with Crippen molar-refractivity contribution in [2.24, 2.45) is 23.7 Å². The first-order valence-corrected chi connectivity index (χ1v) is 15.8. The number of likely N-dealkylation sites (tertiary alicyclic amines) is 1. The van der Waals surface area contributed by atoms with Gasteiger partial charge in [-0.15, -0.1) is 0 Å². The Labute approximate surface area is 275 Å². The van der Waals surface area contributed by atoms with Crippen LogP contribution in [0.5, 0.6) is 11.5 Å². The first-order valence-electron chi connectivity index (χ1n) is 15.4. The maximum Gasteiger partial charge on any atom is 0.305 e. The number of rotatable bonds is 7. The molecule has 2 aliphatic carbocycles. The number of aliphatic carboxylic acids is 1. The number of phenols is 1. The molecule has 0 unspecified atom stereocenters. The van der Waals surface area contributed by atoms with Crippen molar-refractivity contribution in [2.45, 2.75) is 30.6 Å². The number of amides is 4. The molecule has 2 N–H and O–H groups in total. The normalized spacial score (nSPS) is 28.1. The van der Waals surface area contributed by atoms with Gasteiger partial charge in [0.15, 0.2) is 0 Å². The highest BCUT2D eigenvalue weighted by Gasteiger charge is 2.70. The van der Waals surface area contributed by atoms with Crippen LogP contribution < -0.4 is 9.64 Å². The molecule has 0 radical (unpaired) electrons. The third kappa shape index (κ3) is 4.49. The number of anilines is 1. The summed E-state index contributed by atoms with van der Waals surface area (Å²) in [6.45, 7) is -0.250. The fourth-order valence-electron chi connectivity index (χ4n) is 8.47. The fraction of sp³-hybridized carbons (Fsp3) is 0.306. The van der Waals surface area contributed by atoms with Gasteiger partial charge in [-0.25, -0.2) is 4.90 Å². The lowest BCUT2D eigenvalue weighted by atomic mass is 9.49. The minimum absolute atomic E-state index is 0.0799. The molecule has 47 heavy (non-hydrogen) atoms. The van der Waals surface area contributed by atoms with Gasteiger partial charge in [0, 0.05) is 23.0 Å². The molecule has 6 atom stereocenters. The van der Waals surface area contributed by atoms with Gasteiger partial charge in [-0.05, 0) is 60.7 Å². The van der Waals surface area contributed by atoms with Crippen LogP contribution in [0.2, 0.25) is 5.02 Å². The summed E-state index contributed by atoms with van der Waals surface area (Å²) in [6, 6.07) is 20.2. The van der Waals surface area contributed by atoms with Gasteiger partial charge in [-0.1, -0.05) is 59.6 Å². The number of nitrogens with zero attached hydrogens (tertiary/aromatic N) is 2. The molecule has 11 heteroatoms. The number of ether oxygens (including phenoxy) is 1. The van der Waals surface area contributed by atoms with Crippen LogP contribution >= 0.6 is 11.6 Å². The molecular formula is C36H31ClN2O8. The fourth-order valence-corrected chi connectivity index (χ4v) is 8.66. The van der Waals surface area contributed by atoms with Crippen LogP contribution in [-0.2, 0) is 29.4 Å². The molecule has 2 aliphatic heterocycles. The monoisotopic (exact) mass is 654 g/mol. The maximum atomic E-state index is 15.2. The van der Waals surface area contributed by atoms with E-state index in [4.69, 9.17) is 16.3 Å². The van der Waals surface area contributed by atoms with Gasteiger partial charge in [0.1, 0.15) is 11.5 Å². The van der Waals surface area contributed by atoms with Crippen LogP contribution in [0.3, 0.4) is 0 Å². The lowest BCUT2D eigenvalue weighted by molar-refractivity contribution is -0.142. The lowest BCUT2D eigenvalue weighted by Crippen LogP contribution is -2.53. The molecule has 0 aromatic heterocycles. The average Bonchev–Trinajstić information content (AvgIpc) is 3.44. The summed E-state index contributed by atoms with van der Waals surface area (Å²) in [5.74, 6) is -6.88. The molecule has 3 aromatic rings. The van der Waals surface area contributed by atoms with Crippen molar-refractivity contribution in [3.8, 4) is 11.5 Å². The van der Waals surface area contributed by atoms with E-state index in [1.54, 1.807) is 60.7 Å². The summed E-state index contributed by atoms with van der Waals surface area (Å²) in [7, 11) is 1.49. The zero-order chi connectivity index (χ0) is 33.2. The minimum Gasteiger partial charge on any atom is -0.508 e. The summed E-state index contributed by atoms with van der Waals surface area (Å²) < 4.78 is 5.54. The second kappa shape index (κ2) is 11.4. The van der Waals surface area contributed by atoms with E-state index in [9.17, 15) is 29.4 Å².